The quantitative estimate of drug-likeness (QED) is 0.259. The summed E-state index contributed by atoms with van der Waals surface area (Å²) in [6.45, 7) is 3.00. The van der Waals surface area contributed by atoms with Crippen molar-refractivity contribution >= 4 is 57.7 Å². The van der Waals surface area contributed by atoms with Crippen LogP contribution < -0.4 is 15.4 Å². The lowest BCUT2D eigenvalue weighted by Gasteiger charge is -2.27. The highest BCUT2D eigenvalue weighted by atomic mass is 127. The SMILES string of the molecule is CC(C)C(C(=O)Nc1ccc(I)cc1Cl)N1C(=O)N[C@H](c2ccc(OC[C@@H](O)CO)cc2)C1=O. The van der Waals surface area contributed by atoms with Crippen LogP contribution in [-0.4, -0.2) is 58.3 Å². The van der Waals surface area contributed by atoms with Gasteiger partial charge in [0.25, 0.3) is 5.91 Å². The molecule has 0 radical (unpaired) electrons. The first-order chi connectivity index (χ1) is 16.1. The molecule has 34 heavy (non-hydrogen) atoms. The molecular formula is C23H25ClIN3O6. The van der Waals surface area contributed by atoms with E-state index in [0.29, 0.717) is 22.0 Å². The molecule has 4 amide bonds. The number of ether oxygens (including phenoxy) is 1. The summed E-state index contributed by atoms with van der Waals surface area (Å²) >= 11 is 8.33. The maximum Gasteiger partial charge on any atom is 0.325 e. The molecule has 3 atom stereocenters. The van der Waals surface area contributed by atoms with E-state index in [0.717, 1.165) is 8.47 Å². The summed E-state index contributed by atoms with van der Waals surface area (Å²) in [6, 6.07) is 8.89. The maximum absolute atomic E-state index is 13.2. The van der Waals surface area contributed by atoms with Crippen LogP contribution in [0, 0.1) is 9.49 Å². The number of benzene rings is 2. The fourth-order valence-electron chi connectivity index (χ4n) is 3.50. The van der Waals surface area contributed by atoms with E-state index >= 15 is 0 Å². The lowest BCUT2D eigenvalue weighted by Crippen LogP contribution is -2.50. The summed E-state index contributed by atoms with van der Waals surface area (Å²) in [5.74, 6) is -0.992. The third-order valence-corrected chi connectivity index (χ3v) is 6.19. The zero-order valence-electron chi connectivity index (χ0n) is 18.5. The molecule has 1 heterocycles. The van der Waals surface area contributed by atoms with Crippen molar-refractivity contribution in [2.75, 3.05) is 18.5 Å². The van der Waals surface area contributed by atoms with Crippen molar-refractivity contribution in [3.63, 3.8) is 0 Å². The average Bonchev–Trinajstić information content (AvgIpc) is 3.08. The monoisotopic (exact) mass is 601 g/mol. The van der Waals surface area contributed by atoms with Crippen LogP contribution in [0.4, 0.5) is 10.5 Å². The average molecular weight is 602 g/mol. The molecule has 0 aliphatic carbocycles. The summed E-state index contributed by atoms with van der Waals surface area (Å²) in [6.07, 6.45) is -1.00. The van der Waals surface area contributed by atoms with Crippen molar-refractivity contribution in [3.8, 4) is 5.75 Å². The number of imide groups is 1. The highest BCUT2D eigenvalue weighted by molar-refractivity contribution is 14.1. The van der Waals surface area contributed by atoms with Crippen LogP contribution in [0.3, 0.4) is 0 Å². The van der Waals surface area contributed by atoms with E-state index in [-0.39, 0.29) is 12.5 Å². The lowest BCUT2D eigenvalue weighted by atomic mass is 10.0. The molecule has 9 nitrogen and oxygen atoms in total. The van der Waals surface area contributed by atoms with Gasteiger partial charge in [0, 0.05) is 3.57 Å². The van der Waals surface area contributed by atoms with Crippen molar-refractivity contribution in [1.82, 2.24) is 10.2 Å². The number of anilines is 1. The van der Waals surface area contributed by atoms with E-state index in [2.05, 4.69) is 33.2 Å². The van der Waals surface area contributed by atoms with Gasteiger partial charge in [-0.1, -0.05) is 37.6 Å². The van der Waals surface area contributed by atoms with Crippen LogP contribution >= 0.6 is 34.2 Å². The largest absolute Gasteiger partial charge is 0.491 e. The maximum atomic E-state index is 13.2. The highest BCUT2D eigenvalue weighted by Gasteiger charge is 2.46. The first-order valence-corrected chi connectivity index (χ1v) is 12.0. The Hall–Kier alpha value is -2.41. The van der Waals surface area contributed by atoms with Gasteiger partial charge in [-0.3, -0.25) is 9.59 Å². The van der Waals surface area contributed by atoms with Gasteiger partial charge >= 0.3 is 6.03 Å². The number of aliphatic hydroxyl groups excluding tert-OH is 2. The Morgan fingerprint density at radius 1 is 1.24 bits per heavy atom. The Morgan fingerprint density at radius 2 is 1.91 bits per heavy atom. The molecule has 11 heteroatoms. The molecule has 2 aromatic carbocycles. The van der Waals surface area contributed by atoms with E-state index in [1.54, 1.807) is 56.3 Å². The van der Waals surface area contributed by atoms with Crippen LogP contribution in [-0.2, 0) is 9.59 Å². The van der Waals surface area contributed by atoms with Crippen molar-refractivity contribution in [2.24, 2.45) is 5.92 Å². The number of aliphatic hydroxyl groups is 2. The molecular weight excluding hydrogens is 577 g/mol. The van der Waals surface area contributed by atoms with E-state index in [1.165, 1.54) is 0 Å². The number of carbonyl (C=O) groups excluding carboxylic acids is 3. The summed E-state index contributed by atoms with van der Waals surface area (Å²) in [7, 11) is 0. The van der Waals surface area contributed by atoms with Crippen molar-refractivity contribution in [3.05, 3.63) is 56.6 Å². The second-order valence-corrected chi connectivity index (χ2v) is 9.76. The fraction of sp³-hybridized carbons (Fsp3) is 0.348. The molecule has 0 spiro atoms. The van der Waals surface area contributed by atoms with E-state index in [4.69, 9.17) is 21.4 Å². The second kappa shape index (κ2) is 11.3. The van der Waals surface area contributed by atoms with Gasteiger partial charge in [-0.25, -0.2) is 9.69 Å². The van der Waals surface area contributed by atoms with Gasteiger partial charge in [-0.05, 0) is 64.4 Å². The third-order valence-electron chi connectivity index (χ3n) is 5.20. The van der Waals surface area contributed by atoms with E-state index in [9.17, 15) is 19.5 Å². The number of rotatable bonds is 9. The third kappa shape index (κ3) is 5.98. The van der Waals surface area contributed by atoms with Gasteiger partial charge in [0.15, 0.2) is 0 Å². The molecule has 2 aromatic rings. The number of halogens is 2. The minimum absolute atomic E-state index is 0.0848. The van der Waals surface area contributed by atoms with Crippen molar-refractivity contribution in [2.45, 2.75) is 32.0 Å². The van der Waals surface area contributed by atoms with Gasteiger partial charge in [-0.2, -0.15) is 0 Å². The molecule has 1 aliphatic rings. The van der Waals surface area contributed by atoms with Gasteiger partial charge in [0.2, 0.25) is 5.91 Å². The molecule has 182 valence electrons. The van der Waals surface area contributed by atoms with Crippen molar-refractivity contribution in [1.29, 1.82) is 0 Å². The standard InChI is InChI=1S/C23H25ClIN3O6/c1-12(2)20(21(31)26-18-8-5-14(25)9-17(18)24)28-22(32)19(27-23(28)33)13-3-6-16(7-4-13)34-11-15(30)10-29/h3-9,12,15,19-20,29-30H,10-11H2,1-2H3,(H,26,31)(H,27,33)/t15-,19+,20?/m0/s1. The highest BCUT2D eigenvalue weighted by Crippen LogP contribution is 2.29. The second-order valence-electron chi connectivity index (χ2n) is 8.11. The van der Waals surface area contributed by atoms with Gasteiger partial charge in [-0.15, -0.1) is 0 Å². The zero-order valence-corrected chi connectivity index (χ0v) is 21.4. The first kappa shape index (κ1) is 26.2. The molecule has 0 saturated carbocycles. The number of hydrogen-bond donors (Lipinski definition) is 4. The van der Waals surface area contributed by atoms with E-state index < -0.39 is 42.6 Å². The molecule has 1 unspecified atom stereocenters. The molecule has 1 fully saturated rings. The van der Waals surface area contributed by atoms with E-state index in [1.807, 2.05) is 0 Å². The fourth-order valence-corrected chi connectivity index (χ4v) is 4.40. The van der Waals surface area contributed by atoms with Crippen LogP contribution in [0.1, 0.15) is 25.5 Å². The Labute approximate surface area is 215 Å². The molecule has 1 saturated heterocycles. The predicted octanol–water partition coefficient (Wildman–Crippen LogP) is 2.93. The number of nitrogens with zero attached hydrogens (tertiary/aromatic N) is 1. The van der Waals surface area contributed by atoms with Gasteiger partial charge in [0.1, 0.15) is 30.5 Å². The van der Waals surface area contributed by atoms with Crippen LogP contribution in [0.5, 0.6) is 5.75 Å². The Balaban J connectivity index is 1.76. The summed E-state index contributed by atoms with van der Waals surface area (Å²) in [5, 5.41) is 24.0. The Kier molecular flexibility index (Phi) is 8.74. The van der Waals surface area contributed by atoms with Crippen LogP contribution in [0.25, 0.3) is 0 Å². The predicted molar refractivity (Wildman–Crippen MR) is 135 cm³/mol. The molecule has 1 aliphatic heterocycles. The number of amides is 4. The number of carbonyl (C=O) groups is 3. The number of hydrogen-bond acceptors (Lipinski definition) is 6. The van der Waals surface area contributed by atoms with Gasteiger partial charge < -0.3 is 25.6 Å². The summed E-state index contributed by atoms with van der Waals surface area (Å²) < 4.78 is 6.27. The lowest BCUT2D eigenvalue weighted by molar-refractivity contribution is -0.135. The molecule has 0 bridgehead atoms. The van der Waals surface area contributed by atoms with Crippen molar-refractivity contribution < 1.29 is 29.3 Å². The summed E-state index contributed by atoms with van der Waals surface area (Å²) in [5.41, 5.74) is 0.905. The first-order valence-electron chi connectivity index (χ1n) is 10.5. The molecule has 3 rings (SSSR count). The molecule has 4 N–H and O–H groups in total. The van der Waals surface area contributed by atoms with Gasteiger partial charge in [0.05, 0.1) is 17.3 Å². The Bertz CT molecular complexity index is 1070. The number of urea groups is 1. The summed E-state index contributed by atoms with van der Waals surface area (Å²) in [4.78, 5) is 40.0. The Morgan fingerprint density at radius 3 is 2.50 bits per heavy atom. The minimum atomic E-state index is -1.05. The van der Waals surface area contributed by atoms with Crippen LogP contribution in [0.15, 0.2) is 42.5 Å². The smallest absolute Gasteiger partial charge is 0.325 e. The number of nitrogens with one attached hydrogen (secondary N) is 2. The minimum Gasteiger partial charge on any atom is -0.491 e. The topological polar surface area (TPSA) is 128 Å². The molecule has 0 aromatic heterocycles. The zero-order chi connectivity index (χ0) is 25.0. The van der Waals surface area contributed by atoms with Crippen LogP contribution in [0.2, 0.25) is 5.02 Å². The normalized spacial score (nSPS) is 17.5.